The molecule has 1 rings (SSSR count). The SMILES string of the molecule is CN(CCCC(=O)Nc1ccccc1C#N)CC(F)(F)F. The Hall–Kier alpha value is -2.07. The number of nitriles is 1. The van der Waals surface area contributed by atoms with Crippen molar-refractivity contribution in [3.63, 3.8) is 0 Å². The van der Waals surface area contributed by atoms with Crippen LogP contribution >= 0.6 is 0 Å². The smallest absolute Gasteiger partial charge is 0.325 e. The van der Waals surface area contributed by atoms with E-state index in [9.17, 15) is 18.0 Å². The van der Waals surface area contributed by atoms with Crippen LogP contribution in [0.4, 0.5) is 18.9 Å². The Bertz CT molecular complexity index is 523. The summed E-state index contributed by atoms with van der Waals surface area (Å²) in [5, 5.41) is 11.5. The highest BCUT2D eigenvalue weighted by molar-refractivity contribution is 5.92. The number of hydrogen-bond acceptors (Lipinski definition) is 3. The summed E-state index contributed by atoms with van der Waals surface area (Å²) < 4.78 is 36.3. The van der Waals surface area contributed by atoms with Crippen LogP contribution in [0.25, 0.3) is 0 Å². The number of hydrogen-bond donors (Lipinski definition) is 1. The lowest BCUT2D eigenvalue weighted by molar-refractivity contribution is -0.143. The zero-order valence-corrected chi connectivity index (χ0v) is 11.6. The van der Waals surface area contributed by atoms with Gasteiger partial charge in [0.15, 0.2) is 0 Å². The van der Waals surface area contributed by atoms with E-state index in [1.165, 1.54) is 7.05 Å². The standard InChI is InChI=1S/C14H16F3N3O/c1-20(10-14(15,16)17)8-4-7-13(21)19-12-6-3-2-5-11(12)9-18/h2-3,5-6H,4,7-8,10H2,1H3,(H,19,21). The highest BCUT2D eigenvalue weighted by Gasteiger charge is 2.28. The largest absolute Gasteiger partial charge is 0.401 e. The molecule has 0 aliphatic carbocycles. The van der Waals surface area contributed by atoms with Crippen molar-refractivity contribution in [3.8, 4) is 6.07 Å². The summed E-state index contributed by atoms with van der Waals surface area (Å²) in [6.45, 7) is -0.821. The summed E-state index contributed by atoms with van der Waals surface area (Å²) in [7, 11) is 1.36. The summed E-state index contributed by atoms with van der Waals surface area (Å²) in [5.41, 5.74) is 0.758. The molecular weight excluding hydrogens is 283 g/mol. The van der Waals surface area contributed by atoms with Gasteiger partial charge in [-0.3, -0.25) is 9.69 Å². The minimum atomic E-state index is -4.23. The molecule has 0 saturated heterocycles. The van der Waals surface area contributed by atoms with Crippen molar-refractivity contribution in [1.82, 2.24) is 4.90 Å². The zero-order chi connectivity index (χ0) is 15.9. The fourth-order valence-electron chi connectivity index (χ4n) is 1.80. The maximum atomic E-state index is 12.1. The Balaban J connectivity index is 2.37. The first kappa shape index (κ1) is 17.0. The maximum Gasteiger partial charge on any atom is 0.401 e. The van der Waals surface area contributed by atoms with Gasteiger partial charge in [0.05, 0.1) is 17.8 Å². The van der Waals surface area contributed by atoms with Gasteiger partial charge in [-0.2, -0.15) is 18.4 Å². The van der Waals surface area contributed by atoms with Crippen LogP contribution in [0.15, 0.2) is 24.3 Å². The van der Waals surface area contributed by atoms with E-state index in [1.807, 2.05) is 6.07 Å². The predicted molar refractivity (Wildman–Crippen MR) is 72.6 cm³/mol. The maximum absolute atomic E-state index is 12.1. The number of nitrogens with one attached hydrogen (secondary N) is 1. The van der Waals surface area contributed by atoms with Crippen LogP contribution in [-0.2, 0) is 4.79 Å². The van der Waals surface area contributed by atoms with Crippen LogP contribution < -0.4 is 5.32 Å². The van der Waals surface area contributed by atoms with Crippen LogP contribution in [-0.4, -0.2) is 37.1 Å². The van der Waals surface area contributed by atoms with Crippen molar-refractivity contribution in [2.75, 3.05) is 25.5 Å². The van der Waals surface area contributed by atoms with Gasteiger partial charge in [0.2, 0.25) is 5.91 Å². The molecule has 0 spiro atoms. The molecule has 114 valence electrons. The van der Waals surface area contributed by atoms with E-state index in [-0.39, 0.29) is 18.9 Å². The highest BCUT2D eigenvalue weighted by atomic mass is 19.4. The molecule has 1 aromatic carbocycles. The first-order chi connectivity index (χ1) is 9.81. The molecule has 1 aromatic rings. The Labute approximate surface area is 121 Å². The van der Waals surface area contributed by atoms with E-state index in [1.54, 1.807) is 24.3 Å². The molecule has 0 aromatic heterocycles. The van der Waals surface area contributed by atoms with Crippen LogP contribution in [0.2, 0.25) is 0 Å². The molecule has 0 atom stereocenters. The Morgan fingerprint density at radius 3 is 2.67 bits per heavy atom. The summed E-state index contributed by atoms with van der Waals surface area (Å²) in [4.78, 5) is 12.8. The normalized spacial score (nSPS) is 11.2. The number of rotatable bonds is 6. The number of alkyl halides is 3. The molecule has 0 aliphatic rings. The van der Waals surface area contributed by atoms with Gasteiger partial charge >= 0.3 is 6.18 Å². The molecule has 0 fully saturated rings. The summed E-state index contributed by atoms with van der Waals surface area (Å²) in [6, 6.07) is 8.50. The fourth-order valence-corrected chi connectivity index (χ4v) is 1.80. The molecule has 0 aliphatic heterocycles. The lowest BCUT2D eigenvalue weighted by Gasteiger charge is -2.18. The van der Waals surface area contributed by atoms with Gasteiger partial charge in [0, 0.05) is 6.42 Å². The van der Waals surface area contributed by atoms with Crippen molar-refractivity contribution in [2.45, 2.75) is 19.0 Å². The van der Waals surface area contributed by atoms with Gasteiger partial charge in [-0.25, -0.2) is 0 Å². The third-order valence-electron chi connectivity index (χ3n) is 2.71. The molecule has 1 N–H and O–H groups in total. The quantitative estimate of drug-likeness (QED) is 0.878. The average molecular weight is 299 g/mol. The van der Waals surface area contributed by atoms with E-state index in [2.05, 4.69) is 5.32 Å². The Kier molecular flexibility index (Phi) is 6.18. The van der Waals surface area contributed by atoms with Crippen LogP contribution in [0.1, 0.15) is 18.4 Å². The monoisotopic (exact) mass is 299 g/mol. The Morgan fingerprint density at radius 1 is 1.38 bits per heavy atom. The van der Waals surface area contributed by atoms with Crippen molar-refractivity contribution >= 4 is 11.6 Å². The van der Waals surface area contributed by atoms with Crippen molar-refractivity contribution in [1.29, 1.82) is 5.26 Å². The second-order valence-corrected chi connectivity index (χ2v) is 4.66. The Morgan fingerprint density at radius 2 is 2.05 bits per heavy atom. The van der Waals surface area contributed by atoms with Gasteiger partial charge in [-0.15, -0.1) is 0 Å². The van der Waals surface area contributed by atoms with Crippen LogP contribution in [0.3, 0.4) is 0 Å². The number of carbonyl (C=O) groups is 1. The van der Waals surface area contributed by atoms with E-state index < -0.39 is 12.7 Å². The zero-order valence-electron chi connectivity index (χ0n) is 11.6. The third-order valence-corrected chi connectivity index (χ3v) is 2.71. The molecule has 0 radical (unpaired) electrons. The number of halogens is 3. The molecule has 7 heteroatoms. The summed E-state index contributed by atoms with van der Waals surface area (Å²) in [5.74, 6) is -0.321. The van der Waals surface area contributed by atoms with Crippen molar-refractivity contribution < 1.29 is 18.0 Å². The average Bonchev–Trinajstić information content (AvgIpc) is 2.37. The number of benzene rings is 1. The molecule has 0 unspecified atom stereocenters. The number of carbonyl (C=O) groups excluding carboxylic acids is 1. The van der Waals surface area contributed by atoms with E-state index in [0.717, 1.165) is 4.90 Å². The van der Waals surface area contributed by atoms with E-state index in [0.29, 0.717) is 17.7 Å². The lowest BCUT2D eigenvalue weighted by Crippen LogP contribution is -2.32. The molecular formula is C14H16F3N3O. The van der Waals surface area contributed by atoms with Gasteiger partial charge in [0.1, 0.15) is 6.07 Å². The van der Waals surface area contributed by atoms with Crippen molar-refractivity contribution in [2.24, 2.45) is 0 Å². The first-order valence-corrected chi connectivity index (χ1v) is 6.36. The molecule has 4 nitrogen and oxygen atoms in total. The van der Waals surface area contributed by atoms with E-state index in [4.69, 9.17) is 5.26 Å². The third kappa shape index (κ3) is 6.77. The van der Waals surface area contributed by atoms with Gasteiger partial charge in [-0.1, -0.05) is 12.1 Å². The van der Waals surface area contributed by atoms with Gasteiger partial charge in [0.25, 0.3) is 0 Å². The van der Waals surface area contributed by atoms with Gasteiger partial charge < -0.3 is 5.32 Å². The number of amides is 1. The van der Waals surface area contributed by atoms with Crippen LogP contribution in [0.5, 0.6) is 0 Å². The number of para-hydroxylation sites is 1. The van der Waals surface area contributed by atoms with Gasteiger partial charge in [-0.05, 0) is 32.1 Å². The highest BCUT2D eigenvalue weighted by Crippen LogP contribution is 2.16. The molecule has 0 bridgehead atoms. The topological polar surface area (TPSA) is 56.1 Å². The minimum Gasteiger partial charge on any atom is -0.325 e. The lowest BCUT2D eigenvalue weighted by atomic mass is 10.2. The van der Waals surface area contributed by atoms with Crippen molar-refractivity contribution in [3.05, 3.63) is 29.8 Å². The molecule has 0 heterocycles. The second kappa shape index (κ2) is 7.64. The molecule has 21 heavy (non-hydrogen) atoms. The predicted octanol–water partition coefficient (Wildman–Crippen LogP) is 2.77. The van der Waals surface area contributed by atoms with E-state index >= 15 is 0 Å². The number of nitrogens with zero attached hydrogens (tertiary/aromatic N) is 2. The summed E-state index contributed by atoms with van der Waals surface area (Å²) in [6.07, 6.45) is -3.82. The van der Waals surface area contributed by atoms with Crippen LogP contribution in [0, 0.1) is 11.3 Å². The minimum absolute atomic E-state index is 0.0992. The fraction of sp³-hybridized carbons (Fsp3) is 0.429. The molecule has 0 saturated carbocycles. The number of anilines is 1. The first-order valence-electron chi connectivity index (χ1n) is 6.36. The second-order valence-electron chi connectivity index (χ2n) is 4.66. The summed E-state index contributed by atoms with van der Waals surface area (Å²) >= 11 is 0. The molecule has 1 amide bonds.